The molecule has 0 bridgehead atoms. The Morgan fingerprint density at radius 3 is 2.50 bits per heavy atom. The van der Waals surface area contributed by atoms with Crippen LogP contribution < -0.4 is 4.72 Å². The van der Waals surface area contributed by atoms with Gasteiger partial charge < -0.3 is 0 Å². The SMILES string of the molecule is Cc1ccccc1S(=O)(=O)NC1(CCl)CC1. The second-order valence-corrected chi connectivity index (χ2v) is 6.20. The first-order chi connectivity index (χ1) is 7.49. The first kappa shape index (κ1) is 11.9. The molecule has 1 aromatic rings. The summed E-state index contributed by atoms with van der Waals surface area (Å²) in [6.07, 6.45) is 1.64. The summed E-state index contributed by atoms with van der Waals surface area (Å²) >= 11 is 5.76. The maximum absolute atomic E-state index is 12.1. The molecule has 1 aromatic carbocycles. The molecule has 0 aliphatic heterocycles. The van der Waals surface area contributed by atoms with Gasteiger partial charge in [0.15, 0.2) is 0 Å². The summed E-state index contributed by atoms with van der Waals surface area (Å²) in [4.78, 5) is 0.339. The molecule has 1 saturated carbocycles. The van der Waals surface area contributed by atoms with Crippen LogP contribution in [0.1, 0.15) is 18.4 Å². The summed E-state index contributed by atoms with van der Waals surface area (Å²) in [7, 11) is -3.43. The van der Waals surface area contributed by atoms with Crippen LogP contribution in [0.4, 0.5) is 0 Å². The lowest BCUT2D eigenvalue weighted by molar-refractivity contribution is 0.559. The number of hydrogen-bond donors (Lipinski definition) is 1. The molecule has 0 radical (unpaired) electrons. The average molecular weight is 260 g/mol. The van der Waals surface area contributed by atoms with Crippen LogP contribution >= 0.6 is 11.6 Å². The number of aryl methyl sites for hydroxylation is 1. The molecule has 0 saturated heterocycles. The van der Waals surface area contributed by atoms with Gasteiger partial charge in [-0.25, -0.2) is 13.1 Å². The van der Waals surface area contributed by atoms with Gasteiger partial charge in [0.25, 0.3) is 0 Å². The normalized spacial score (nSPS) is 18.4. The van der Waals surface area contributed by atoms with Crippen LogP contribution in [0.3, 0.4) is 0 Å². The Hall–Kier alpha value is -0.580. The summed E-state index contributed by atoms with van der Waals surface area (Å²) in [5.41, 5.74) is 0.350. The van der Waals surface area contributed by atoms with E-state index >= 15 is 0 Å². The average Bonchev–Trinajstić information content (AvgIpc) is 2.98. The minimum absolute atomic E-state index is 0.331. The number of benzene rings is 1. The van der Waals surface area contributed by atoms with E-state index in [2.05, 4.69) is 4.72 Å². The first-order valence-electron chi connectivity index (χ1n) is 5.15. The van der Waals surface area contributed by atoms with Crippen LogP contribution in [0.5, 0.6) is 0 Å². The van der Waals surface area contributed by atoms with Crippen molar-refractivity contribution in [2.45, 2.75) is 30.2 Å². The van der Waals surface area contributed by atoms with E-state index in [4.69, 9.17) is 11.6 Å². The molecule has 3 nitrogen and oxygen atoms in total. The van der Waals surface area contributed by atoms with Gasteiger partial charge in [-0.15, -0.1) is 11.6 Å². The van der Waals surface area contributed by atoms with Crippen molar-refractivity contribution in [3.8, 4) is 0 Å². The van der Waals surface area contributed by atoms with Gasteiger partial charge in [0.05, 0.1) is 4.90 Å². The van der Waals surface area contributed by atoms with Crippen LogP contribution in [-0.2, 0) is 10.0 Å². The molecule has 0 aromatic heterocycles. The molecule has 0 heterocycles. The lowest BCUT2D eigenvalue weighted by Crippen LogP contribution is -2.38. The molecule has 1 fully saturated rings. The monoisotopic (exact) mass is 259 g/mol. The van der Waals surface area contributed by atoms with Gasteiger partial charge in [-0.3, -0.25) is 0 Å². The molecule has 0 unspecified atom stereocenters. The topological polar surface area (TPSA) is 46.2 Å². The van der Waals surface area contributed by atoms with Crippen LogP contribution in [0.25, 0.3) is 0 Å². The summed E-state index contributed by atoms with van der Waals surface area (Å²) < 4.78 is 26.9. The lowest BCUT2D eigenvalue weighted by Gasteiger charge is -2.15. The quantitative estimate of drug-likeness (QED) is 0.842. The highest BCUT2D eigenvalue weighted by Gasteiger charge is 2.45. The molecule has 0 amide bonds. The van der Waals surface area contributed by atoms with Gasteiger partial charge in [0.2, 0.25) is 10.0 Å². The summed E-state index contributed by atoms with van der Waals surface area (Å²) in [5, 5.41) is 0. The van der Waals surface area contributed by atoms with Gasteiger partial charge in [0, 0.05) is 11.4 Å². The maximum atomic E-state index is 12.1. The van der Waals surface area contributed by atoms with E-state index in [-0.39, 0.29) is 0 Å². The molecule has 0 spiro atoms. The summed E-state index contributed by atoms with van der Waals surface area (Å²) in [6.45, 7) is 1.79. The Morgan fingerprint density at radius 2 is 2.00 bits per heavy atom. The molecule has 1 N–H and O–H groups in total. The van der Waals surface area contributed by atoms with Crippen molar-refractivity contribution in [3.63, 3.8) is 0 Å². The van der Waals surface area contributed by atoms with Crippen LogP contribution in [0, 0.1) is 6.92 Å². The number of nitrogens with one attached hydrogen (secondary N) is 1. The van der Waals surface area contributed by atoms with Crippen LogP contribution in [0.15, 0.2) is 29.2 Å². The van der Waals surface area contributed by atoms with Gasteiger partial charge in [-0.2, -0.15) is 0 Å². The van der Waals surface area contributed by atoms with Gasteiger partial charge in [-0.05, 0) is 31.4 Å². The van der Waals surface area contributed by atoms with E-state index in [1.54, 1.807) is 25.1 Å². The number of hydrogen-bond acceptors (Lipinski definition) is 2. The van der Waals surface area contributed by atoms with E-state index in [1.807, 2.05) is 6.07 Å². The highest BCUT2D eigenvalue weighted by atomic mass is 35.5. The van der Waals surface area contributed by atoms with Crippen molar-refractivity contribution in [1.29, 1.82) is 0 Å². The number of rotatable bonds is 4. The van der Waals surface area contributed by atoms with E-state index in [1.165, 1.54) is 0 Å². The second-order valence-electron chi connectivity index (χ2n) is 4.28. The Kier molecular flexibility index (Phi) is 2.99. The smallest absolute Gasteiger partial charge is 0.207 e. The third-order valence-corrected chi connectivity index (χ3v) is 5.09. The summed E-state index contributed by atoms with van der Waals surface area (Å²) in [5.74, 6) is 0.331. The predicted octanol–water partition coefficient (Wildman–Crippen LogP) is 2.04. The fourth-order valence-electron chi connectivity index (χ4n) is 1.61. The Labute approximate surface area is 101 Å². The number of halogens is 1. The van der Waals surface area contributed by atoms with Crippen LogP contribution in [0.2, 0.25) is 0 Å². The molecule has 2 rings (SSSR count). The minimum Gasteiger partial charge on any atom is -0.207 e. The van der Waals surface area contributed by atoms with Crippen molar-refractivity contribution in [1.82, 2.24) is 4.72 Å². The Morgan fingerprint density at radius 1 is 1.38 bits per heavy atom. The Bertz CT molecular complexity index is 494. The van der Waals surface area contributed by atoms with Crippen molar-refractivity contribution in [2.75, 3.05) is 5.88 Å². The molecular formula is C11H14ClNO2S. The van der Waals surface area contributed by atoms with Crippen molar-refractivity contribution >= 4 is 21.6 Å². The third-order valence-electron chi connectivity index (χ3n) is 2.84. The molecule has 88 valence electrons. The van der Waals surface area contributed by atoms with Crippen molar-refractivity contribution < 1.29 is 8.42 Å². The fraction of sp³-hybridized carbons (Fsp3) is 0.455. The number of sulfonamides is 1. The standard InChI is InChI=1S/C11H14ClNO2S/c1-9-4-2-3-5-10(9)16(14,15)13-11(8-12)6-7-11/h2-5,13H,6-8H2,1H3. The van der Waals surface area contributed by atoms with Crippen LogP contribution in [-0.4, -0.2) is 19.8 Å². The Balaban J connectivity index is 2.30. The molecule has 1 aliphatic carbocycles. The van der Waals surface area contributed by atoms with Crippen molar-refractivity contribution in [3.05, 3.63) is 29.8 Å². The first-order valence-corrected chi connectivity index (χ1v) is 7.16. The molecule has 16 heavy (non-hydrogen) atoms. The zero-order valence-electron chi connectivity index (χ0n) is 9.03. The molecule has 0 atom stereocenters. The lowest BCUT2D eigenvalue weighted by atomic mass is 10.2. The van der Waals surface area contributed by atoms with E-state index in [0.29, 0.717) is 10.8 Å². The highest BCUT2D eigenvalue weighted by Crippen LogP contribution is 2.38. The minimum atomic E-state index is -3.43. The van der Waals surface area contributed by atoms with Crippen molar-refractivity contribution in [2.24, 2.45) is 0 Å². The van der Waals surface area contributed by atoms with Gasteiger partial charge in [-0.1, -0.05) is 18.2 Å². The largest absolute Gasteiger partial charge is 0.241 e. The second kappa shape index (κ2) is 4.02. The zero-order valence-corrected chi connectivity index (χ0v) is 10.6. The summed E-state index contributed by atoms with van der Waals surface area (Å²) in [6, 6.07) is 6.95. The van der Waals surface area contributed by atoms with E-state index in [9.17, 15) is 8.42 Å². The van der Waals surface area contributed by atoms with Gasteiger partial charge >= 0.3 is 0 Å². The zero-order chi connectivity index (χ0) is 11.8. The molecule has 1 aliphatic rings. The van der Waals surface area contributed by atoms with Gasteiger partial charge in [0.1, 0.15) is 0 Å². The molecular weight excluding hydrogens is 246 g/mol. The number of alkyl halides is 1. The molecule has 5 heteroatoms. The third kappa shape index (κ3) is 2.24. The van der Waals surface area contributed by atoms with E-state index in [0.717, 1.165) is 18.4 Å². The predicted molar refractivity (Wildman–Crippen MR) is 64.2 cm³/mol. The maximum Gasteiger partial charge on any atom is 0.241 e. The highest BCUT2D eigenvalue weighted by molar-refractivity contribution is 7.89. The fourth-order valence-corrected chi connectivity index (χ4v) is 3.73. The van der Waals surface area contributed by atoms with E-state index < -0.39 is 15.6 Å².